The second kappa shape index (κ2) is 6.64. The zero-order chi connectivity index (χ0) is 18.1. The summed E-state index contributed by atoms with van der Waals surface area (Å²) in [5.41, 5.74) is 1.81. The Balaban J connectivity index is 1.81. The molecule has 0 bridgehead atoms. The van der Waals surface area contributed by atoms with Crippen molar-refractivity contribution in [2.45, 2.75) is 0 Å². The molecule has 0 aliphatic rings. The van der Waals surface area contributed by atoms with Crippen LogP contribution in [0.1, 0.15) is 5.56 Å². The third-order valence-corrected chi connectivity index (χ3v) is 4.84. The number of aromatic nitrogens is 1. The molecule has 0 fully saturated rings. The summed E-state index contributed by atoms with van der Waals surface area (Å²) >= 11 is 6.84. The van der Waals surface area contributed by atoms with E-state index in [4.69, 9.17) is 26.0 Å². The summed E-state index contributed by atoms with van der Waals surface area (Å²) in [5, 5.41) is 10.3. The molecule has 2 heterocycles. The lowest BCUT2D eigenvalue weighted by Crippen LogP contribution is -1.98. The highest BCUT2D eigenvalue weighted by Crippen LogP contribution is 2.36. The fraction of sp³-hybridized carbons (Fsp3) is 0. The normalized spacial score (nSPS) is 10.6. The first-order valence-corrected chi connectivity index (χ1v) is 8.67. The van der Waals surface area contributed by atoms with Gasteiger partial charge in [0.15, 0.2) is 5.15 Å². The summed E-state index contributed by atoms with van der Waals surface area (Å²) in [6, 6.07) is 18.2. The molecule has 0 spiro atoms. The van der Waals surface area contributed by atoms with Gasteiger partial charge in [-0.3, -0.25) is 0 Å². The molecule has 2 aromatic heterocycles. The minimum absolute atomic E-state index is 0.103. The molecule has 0 N–H and O–H groups in total. The highest BCUT2D eigenvalue weighted by Gasteiger charge is 2.15. The van der Waals surface area contributed by atoms with Gasteiger partial charge in [-0.05, 0) is 23.3 Å². The van der Waals surface area contributed by atoms with E-state index < -0.39 is 5.63 Å². The second-order valence-electron chi connectivity index (χ2n) is 5.35. The Hall–Kier alpha value is -3.14. The first-order chi connectivity index (χ1) is 12.7. The summed E-state index contributed by atoms with van der Waals surface area (Å²) < 4.78 is 14.9. The van der Waals surface area contributed by atoms with Gasteiger partial charge in [0.1, 0.15) is 23.0 Å². The number of rotatable bonds is 3. The van der Waals surface area contributed by atoms with Crippen LogP contribution in [0.3, 0.4) is 0 Å². The van der Waals surface area contributed by atoms with Crippen LogP contribution >= 0.6 is 23.1 Å². The van der Waals surface area contributed by atoms with Crippen molar-refractivity contribution in [2.24, 2.45) is 0 Å². The van der Waals surface area contributed by atoms with Crippen molar-refractivity contribution in [3.8, 4) is 28.0 Å². The molecule has 0 atom stereocenters. The quantitative estimate of drug-likeness (QED) is 0.454. The van der Waals surface area contributed by atoms with E-state index >= 15 is 0 Å². The number of benzene rings is 2. The van der Waals surface area contributed by atoms with Crippen LogP contribution in [0.25, 0.3) is 22.1 Å². The molecule has 0 saturated carbocycles. The molecule has 4 aromatic rings. The van der Waals surface area contributed by atoms with E-state index in [1.807, 2.05) is 42.5 Å². The molecular weight excluding hydrogens is 372 g/mol. The highest BCUT2D eigenvalue weighted by atomic mass is 35.5. The Kier molecular flexibility index (Phi) is 4.17. The van der Waals surface area contributed by atoms with Crippen LogP contribution in [0.5, 0.6) is 10.8 Å². The van der Waals surface area contributed by atoms with Crippen molar-refractivity contribution < 1.29 is 9.15 Å². The second-order valence-corrected chi connectivity index (χ2v) is 6.45. The van der Waals surface area contributed by atoms with E-state index in [1.54, 1.807) is 12.1 Å². The number of hydrogen-bond donors (Lipinski definition) is 0. The van der Waals surface area contributed by atoms with Gasteiger partial charge in [0.2, 0.25) is 5.06 Å². The van der Waals surface area contributed by atoms with Gasteiger partial charge >= 0.3 is 5.63 Å². The van der Waals surface area contributed by atoms with Gasteiger partial charge < -0.3 is 9.15 Å². The number of ether oxygens (including phenoxy) is 1. The van der Waals surface area contributed by atoms with Crippen molar-refractivity contribution in [1.82, 2.24) is 4.37 Å². The highest BCUT2D eigenvalue weighted by molar-refractivity contribution is 7.08. The van der Waals surface area contributed by atoms with Crippen LogP contribution in [0.15, 0.2) is 63.8 Å². The van der Waals surface area contributed by atoms with Crippen molar-refractivity contribution in [3.63, 3.8) is 0 Å². The molecule has 0 radical (unpaired) electrons. The lowest BCUT2D eigenvalue weighted by molar-refractivity contribution is 0.492. The van der Waals surface area contributed by atoms with Crippen LogP contribution in [0.4, 0.5) is 0 Å². The molecule has 0 saturated heterocycles. The first-order valence-electron chi connectivity index (χ1n) is 7.52. The summed E-state index contributed by atoms with van der Waals surface area (Å²) in [5.74, 6) is 0.419. The van der Waals surface area contributed by atoms with Gasteiger partial charge in [0.25, 0.3) is 0 Å². The number of nitrogens with zero attached hydrogens (tertiary/aromatic N) is 2. The van der Waals surface area contributed by atoms with Crippen molar-refractivity contribution in [3.05, 3.63) is 75.7 Å². The first kappa shape index (κ1) is 16.3. The van der Waals surface area contributed by atoms with Crippen molar-refractivity contribution in [1.29, 1.82) is 5.26 Å². The maximum absolute atomic E-state index is 12.0. The fourth-order valence-corrected chi connectivity index (χ4v) is 3.50. The molecule has 5 nitrogen and oxygen atoms in total. The van der Waals surface area contributed by atoms with E-state index in [1.165, 1.54) is 6.07 Å². The van der Waals surface area contributed by atoms with E-state index in [2.05, 4.69) is 4.37 Å². The Morgan fingerprint density at radius 2 is 1.96 bits per heavy atom. The summed E-state index contributed by atoms with van der Waals surface area (Å²) in [7, 11) is 0. The Bertz CT molecular complexity index is 1210. The molecule has 0 amide bonds. The van der Waals surface area contributed by atoms with E-state index in [0.29, 0.717) is 16.4 Å². The molecule has 0 aliphatic carbocycles. The number of hydrogen-bond acceptors (Lipinski definition) is 6. The molecule has 2 aromatic carbocycles. The zero-order valence-electron chi connectivity index (χ0n) is 13.1. The van der Waals surface area contributed by atoms with E-state index in [0.717, 1.165) is 28.0 Å². The molecule has 0 aliphatic heterocycles. The average molecular weight is 381 g/mol. The summed E-state index contributed by atoms with van der Waals surface area (Å²) in [4.78, 5) is 12.0. The Labute approximate surface area is 156 Å². The lowest BCUT2D eigenvalue weighted by Gasteiger charge is -2.08. The van der Waals surface area contributed by atoms with Crippen molar-refractivity contribution >= 4 is 34.1 Å². The standard InChI is InChI=1S/C19H9ClN2O3S/c20-18-15(10-21)19(26-22-18)24-12-6-7-13-14(11-4-2-1-3-5-11)9-17(23)25-16(13)8-12/h1-9H. The topological polar surface area (TPSA) is 76.1 Å². The molecular formula is C19H9ClN2O3S. The molecule has 0 unspecified atom stereocenters. The van der Waals surface area contributed by atoms with Crippen LogP contribution in [0, 0.1) is 11.3 Å². The summed E-state index contributed by atoms with van der Waals surface area (Å²) in [6.45, 7) is 0. The summed E-state index contributed by atoms with van der Waals surface area (Å²) in [6.07, 6.45) is 0. The number of fused-ring (bicyclic) bond motifs is 1. The van der Waals surface area contributed by atoms with Crippen LogP contribution < -0.4 is 10.4 Å². The third-order valence-electron chi connectivity index (χ3n) is 3.74. The lowest BCUT2D eigenvalue weighted by atomic mass is 10.0. The van der Waals surface area contributed by atoms with Gasteiger partial charge in [0, 0.05) is 29.1 Å². The van der Waals surface area contributed by atoms with E-state index in [9.17, 15) is 4.79 Å². The predicted molar refractivity (Wildman–Crippen MR) is 99.8 cm³/mol. The van der Waals surface area contributed by atoms with Gasteiger partial charge in [-0.2, -0.15) is 9.64 Å². The molecule has 26 heavy (non-hydrogen) atoms. The largest absolute Gasteiger partial charge is 0.444 e. The minimum Gasteiger partial charge on any atom is -0.444 e. The van der Waals surface area contributed by atoms with Crippen molar-refractivity contribution in [2.75, 3.05) is 0 Å². The zero-order valence-corrected chi connectivity index (χ0v) is 14.7. The maximum atomic E-state index is 12.0. The SMILES string of the molecule is N#Cc1c(Cl)nsc1Oc1ccc2c(-c3ccccc3)cc(=O)oc2c1. The van der Waals surface area contributed by atoms with Gasteiger partial charge in [-0.25, -0.2) is 4.79 Å². The maximum Gasteiger partial charge on any atom is 0.336 e. The molecule has 4 rings (SSSR count). The predicted octanol–water partition coefficient (Wildman–Crippen LogP) is 5.23. The van der Waals surface area contributed by atoms with Gasteiger partial charge in [-0.15, -0.1) is 0 Å². The smallest absolute Gasteiger partial charge is 0.336 e. The third kappa shape index (κ3) is 2.94. The minimum atomic E-state index is -0.452. The van der Waals surface area contributed by atoms with Crippen LogP contribution in [0.2, 0.25) is 5.15 Å². The Morgan fingerprint density at radius 3 is 2.73 bits per heavy atom. The molecule has 7 heteroatoms. The van der Waals surface area contributed by atoms with Crippen LogP contribution in [-0.2, 0) is 0 Å². The van der Waals surface area contributed by atoms with Gasteiger partial charge in [-0.1, -0.05) is 41.9 Å². The fourth-order valence-electron chi connectivity index (χ4n) is 2.59. The monoisotopic (exact) mass is 380 g/mol. The van der Waals surface area contributed by atoms with Gasteiger partial charge in [0.05, 0.1) is 0 Å². The average Bonchev–Trinajstić information content (AvgIpc) is 3.00. The van der Waals surface area contributed by atoms with Crippen LogP contribution in [-0.4, -0.2) is 4.37 Å². The number of nitriles is 1. The van der Waals surface area contributed by atoms with E-state index in [-0.39, 0.29) is 10.7 Å². The molecule has 126 valence electrons. The Morgan fingerprint density at radius 1 is 1.15 bits per heavy atom. The number of halogens is 1.